The highest BCUT2D eigenvalue weighted by Crippen LogP contribution is 2.44. The van der Waals surface area contributed by atoms with Crippen molar-refractivity contribution in [3.05, 3.63) is 160 Å². The van der Waals surface area contributed by atoms with Gasteiger partial charge < -0.3 is 10.6 Å². The monoisotopic (exact) mass is 1100 g/mol. The quantitative estimate of drug-likeness (QED) is 0.0496. The average molecular weight is 1110 g/mol. The van der Waals surface area contributed by atoms with Crippen LogP contribution < -0.4 is 10.6 Å². The molecule has 2 aliphatic carbocycles. The van der Waals surface area contributed by atoms with Crippen LogP contribution in [0.15, 0.2) is 84.3 Å². The molecule has 0 radical (unpaired) electrons. The van der Waals surface area contributed by atoms with Crippen molar-refractivity contribution in [3.8, 4) is 24.5 Å². The molecule has 0 saturated heterocycles. The van der Waals surface area contributed by atoms with Crippen LogP contribution in [-0.4, -0.2) is 43.6 Å². The number of pyridine rings is 2. The summed E-state index contributed by atoms with van der Waals surface area (Å²) in [6.45, 7) is 17.6. The first-order valence-corrected chi connectivity index (χ1v) is 25.9. The maximum Gasteiger partial charge on any atom is 0.129 e. The van der Waals surface area contributed by atoms with Crippen LogP contribution >= 0.6 is 46.4 Å². The molecule has 0 aliphatic heterocycles. The van der Waals surface area contributed by atoms with Gasteiger partial charge in [0, 0.05) is 82.7 Å². The normalized spacial score (nSPS) is 16.2. The second kappa shape index (κ2) is 23.3. The van der Waals surface area contributed by atoms with E-state index in [-0.39, 0.29) is 67.8 Å². The maximum atomic E-state index is 15.4. The van der Waals surface area contributed by atoms with Crippen molar-refractivity contribution in [2.24, 2.45) is 15.9 Å². The molecule has 0 unspecified atom stereocenters. The van der Waals surface area contributed by atoms with Gasteiger partial charge in [-0.15, -0.1) is 11.5 Å². The SMILES string of the molecule is CC1(N=[N+]=[N-])CC1.[2H][C@@](C#C)(Cc1cc(Cl)c2ncc(C#N)c(NCC(C)(C)C)c2c1)c1c(F)cccc1Cl.[2H]c1c([C@]([2H])(Cc2cc(Cl)c3ncc(C#N)c(NCC(C)(C)C)c3c2)c2c(F)cccc2Cl)nnn1C1(C)CC1. The van der Waals surface area contributed by atoms with Crippen LogP contribution in [0.1, 0.15) is 136 Å². The van der Waals surface area contributed by atoms with Gasteiger partial charge in [-0.25, -0.2) is 13.5 Å². The van der Waals surface area contributed by atoms with Crippen LogP contribution in [0.5, 0.6) is 0 Å². The third kappa shape index (κ3) is 13.8. The topological polar surface area (TPSA) is 177 Å². The van der Waals surface area contributed by atoms with E-state index in [9.17, 15) is 16.3 Å². The third-order valence-electron chi connectivity index (χ3n) is 12.7. The fourth-order valence-corrected chi connectivity index (χ4v) is 9.10. The molecule has 2 saturated carbocycles. The van der Waals surface area contributed by atoms with Gasteiger partial charge in [-0.1, -0.05) is 123 Å². The molecule has 392 valence electrons. The number of hydrogen-bond donors (Lipinski definition) is 2. The average Bonchev–Trinajstić information content (AvgIpc) is 4.46. The Bertz CT molecular complexity index is 3640. The number of benzene rings is 4. The Hall–Kier alpha value is -6.69. The molecule has 12 nitrogen and oxygen atoms in total. The predicted molar refractivity (Wildman–Crippen MR) is 302 cm³/mol. The molecule has 3 aromatic heterocycles. The molecule has 0 bridgehead atoms. The van der Waals surface area contributed by atoms with Gasteiger partial charge in [-0.2, -0.15) is 10.5 Å². The zero-order valence-electron chi connectivity index (χ0n) is 46.4. The summed E-state index contributed by atoms with van der Waals surface area (Å²) in [6.07, 6.45) is 12.3. The largest absolute Gasteiger partial charge is 0.383 e. The van der Waals surface area contributed by atoms with E-state index in [1.807, 2.05) is 13.8 Å². The molecule has 2 fully saturated rings. The summed E-state index contributed by atoms with van der Waals surface area (Å²) in [6, 6.07) is 19.7. The number of anilines is 2. The number of azide groups is 1. The van der Waals surface area contributed by atoms with Crippen molar-refractivity contribution in [1.82, 2.24) is 25.0 Å². The van der Waals surface area contributed by atoms with E-state index >= 15 is 4.39 Å². The van der Waals surface area contributed by atoms with Gasteiger partial charge in [-0.05, 0) is 121 Å². The molecule has 2 atom stereocenters. The van der Waals surface area contributed by atoms with Crippen LogP contribution in [-0.2, 0) is 18.4 Å². The minimum atomic E-state index is -1.90. The summed E-state index contributed by atoms with van der Waals surface area (Å²) >= 11 is 25.9. The van der Waals surface area contributed by atoms with Crippen LogP contribution in [0.4, 0.5) is 20.2 Å². The Morgan fingerprint density at radius 1 is 0.789 bits per heavy atom. The number of aromatic nitrogens is 5. The minimum absolute atomic E-state index is 0.00109. The minimum Gasteiger partial charge on any atom is -0.383 e. The van der Waals surface area contributed by atoms with E-state index in [1.165, 1.54) is 53.5 Å². The van der Waals surface area contributed by atoms with Crippen LogP contribution in [0.2, 0.25) is 20.1 Å². The first kappa shape index (κ1) is 52.7. The summed E-state index contributed by atoms with van der Waals surface area (Å²) in [5.74, 6) is -2.58. The molecule has 2 N–H and O–H groups in total. The number of halogens is 6. The molecule has 3 heterocycles. The van der Waals surface area contributed by atoms with Crippen LogP contribution in [0, 0.1) is 57.5 Å². The molecule has 0 spiro atoms. The molecule has 0 amide bonds. The van der Waals surface area contributed by atoms with Gasteiger partial charge in [0.05, 0.1) is 62.1 Å². The highest BCUT2D eigenvalue weighted by atomic mass is 35.5. The third-order valence-corrected chi connectivity index (χ3v) is 13.9. The first-order chi connectivity index (χ1) is 37.0. The lowest BCUT2D eigenvalue weighted by atomic mass is 9.88. The fraction of sp³-hybridized carbons (Fsp3) is 0.379. The zero-order chi connectivity index (χ0) is 58.0. The van der Waals surface area contributed by atoms with Crippen molar-refractivity contribution >= 4 is 79.6 Å². The van der Waals surface area contributed by atoms with Gasteiger partial charge in [0.1, 0.15) is 23.8 Å². The van der Waals surface area contributed by atoms with E-state index in [0.29, 0.717) is 78.6 Å². The molecule has 76 heavy (non-hydrogen) atoms. The predicted octanol–water partition coefficient (Wildman–Crippen LogP) is 16.3. The number of rotatable bonds is 13. The molecule has 18 heteroatoms. The second-order valence-electron chi connectivity index (χ2n) is 21.9. The molecule has 4 aromatic carbocycles. The number of terminal acetylenes is 1. The first-order valence-electron chi connectivity index (χ1n) is 25.9. The fourth-order valence-electron chi connectivity index (χ4n) is 7.96. The summed E-state index contributed by atoms with van der Waals surface area (Å²) in [4.78, 5) is 11.4. The summed E-state index contributed by atoms with van der Waals surface area (Å²) in [5, 5.41) is 40.2. The van der Waals surface area contributed by atoms with Crippen molar-refractivity contribution in [1.29, 1.82) is 10.5 Å². The summed E-state index contributed by atoms with van der Waals surface area (Å²) in [5.41, 5.74) is 11.4. The van der Waals surface area contributed by atoms with E-state index in [0.717, 1.165) is 25.7 Å². The summed E-state index contributed by atoms with van der Waals surface area (Å²) < 4.78 is 58.9. The van der Waals surface area contributed by atoms with Gasteiger partial charge in [0.15, 0.2) is 0 Å². The second-order valence-corrected chi connectivity index (χ2v) is 23.5. The van der Waals surface area contributed by atoms with Gasteiger partial charge in [-0.3, -0.25) is 9.97 Å². The lowest BCUT2D eigenvalue weighted by Crippen LogP contribution is -2.19. The molecular weight excluding hydrogens is 1040 g/mol. The highest BCUT2D eigenvalue weighted by molar-refractivity contribution is 6.36. The Kier molecular flexibility index (Phi) is 16.2. The standard InChI is InChI=1S/C29H29Cl2FN6.C25H22Cl2FN3.C4H7N3/c1-28(2,3)16-35-26-18(13-33)14-34-27-20(26)11-17(12-22(27)31)10-19(25-21(30)6-5-7-23(25)32)24-15-38(37-36-24)29(4)8-9-29;1-5-16(22-19(26)7-6-8-21(22)28)9-15-10-18-23(31-14-25(2,3)4)17(12-29)13-30-24(18)20(27)11-15;1-4(2-3-4)6-7-5/h5-7,11-12,14-15,19H,8-10,16H2,1-4H3,(H,34,35);1,6-8,10-11,13,16H,9,14H2,2-4H3,(H,30,31);2-3H2,1H3/t19-;16-;/m01./s1/i15D,19D;16D;. The van der Waals surface area contributed by atoms with Crippen molar-refractivity contribution < 1.29 is 12.9 Å². The van der Waals surface area contributed by atoms with Crippen LogP contribution in [0.25, 0.3) is 32.2 Å². The van der Waals surface area contributed by atoms with Crippen LogP contribution in [0.3, 0.4) is 0 Å². The maximum absolute atomic E-state index is 15.4. The number of nitrogens with one attached hydrogen (secondary N) is 2. The van der Waals surface area contributed by atoms with Gasteiger partial charge in [0.25, 0.3) is 0 Å². The van der Waals surface area contributed by atoms with E-state index in [4.69, 9.17) is 61.1 Å². The molecular formula is C58H58Cl4F2N12. The van der Waals surface area contributed by atoms with E-state index < -0.39 is 23.4 Å². The Morgan fingerprint density at radius 3 is 1.68 bits per heavy atom. The van der Waals surface area contributed by atoms with Crippen molar-refractivity contribution in [2.45, 2.75) is 117 Å². The lowest BCUT2D eigenvalue weighted by molar-refractivity contribution is 0.443. The Labute approximate surface area is 467 Å². The molecule has 7 aromatic rings. The molecule has 2 aliphatic rings. The van der Waals surface area contributed by atoms with Gasteiger partial charge >= 0.3 is 0 Å². The highest BCUT2D eigenvalue weighted by Gasteiger charge is 2.41. The Balaban J connectivity index is 0.000000207. The smallest absolute Gasteiger partial charge is 0.129 e. The van der Waals surface area contributed by atoms with Crippen molar-refractivity contribution in [3.63, 3.8) is 0 Å². The van der Waals surface area contributed by atoms with E-state index in [1.54, 1.807) is 24.3 Å². The number of nitrogens with zero attached hydrogens (tertiary/aromatic N) is 10. The summed E-state index contributed by atoms with van der Waals surface area (Å²) in [7, 11) is 0. The Morgan fingerprint density at radius 2 is 1.28 bits per heavy atom. The van der Waals surface area contributed by atoms with Crippen molar-refractivity contribution in [2.75, 3.05) is 23.7 Å². The number of fused-ring (bicyclic) bond motifs is 2. The lowest BCUT2D eigenvalue weighted by Gasteiger charge is -2.22. The number of hydrogen-bond acceptors (Lipinski definition) is 9. The zero-order valence-corrected chi connectivity index (χ0v) is 46.4. The number of nitriles is 2. The molecule has 9 rings (SSSR count). The van der Waals surface area contributed by atoms with E-state index in [2.05, 4.69) is 101 Å². The van der Waals surface area contributed by atoms with Gasteiger partial charge in [0.2, 0.25) is 0 Å².